The summed E-state index contributed by atoms with van der Waals surface area (Å²) >= 11 is 1.25. The molecule has 1 aliphatic rings. The van der Waals surface area contributed by atoms with Gasteiger partial charge in [-0.15, -0.1) is 11.3 Å². The van der Waals surface area contributed by atoms with Crippen molar-refractivity contribution in [3.63, 3.8) is 0 Å². The van der Waals surface area contributed by atoms with Crippen molar-refractivity contribution in [1.82, 2.24) is 20.5 Å². The second-order valence-corrected chi connectivity index (χ2v) is 7.62. The molecule has 1 aromatic carbocycles. The van der Waals surface area contributed by atoms with Crippen LogP contribution in [0, 0.1) is 17.6 Å². The van der Waals surface area contributed by atoms with Crippen LogP contribution in [0.15, 0.2) is 12.1 Å². The van der Waals surface area contributed by atoms with Gasteiger partial charge in [0.1, 0.15) is 16.3 Å². The number of piperidine rings is 1. The van der Waals surface area contributed by atoms with Crippen molar-refractivity contribution in [3.05, 3.63) is 28.8 Å². The number of amides is 1. The third kappa shape index (κ3) is 4.13. The van der Waals surface area contributed by atoms with Gasteiger partial charge in [-0.3, -0.25) is 9.69 Å². The summed E-state index contributed by atoms with van der Waals surface area (Å²) in [5.74, 6) is -1.26. The molecule has 2 N–H and O–H groups in total. The highest BCUT2D eigenvalue weighted by molar-refractivity contribution is 7.18. The fraction of sp³-hybridized carbons (Fsp3) is 0.529. The number of carbonyl (C=O) groups excluding carboxylic acids is 1. The topological polar surface area (TPSA) is 57.3 Å². The molecule has 0 aliphatic carbocycles. The van der Waals surface area contributed by atoms with E-state index < -0.39 is 11.6 Å². The minimum Gasteiger partial charge on any atom is -0.354 e. The maximum absolute atomic E-state index is 13.9. The molecular formula is C17H22F2N4OS. The van der Waals surface area contributed by atoms with Crippen LogP contribution >= 0.6 is 11.3 Å². The maximum atomic E-state index is 13.9. The van der Waals surface area contributed by atoms with Gasteiger partial charge in [-0.2, -0.15) is 0 Å². The van der Waals surface area contributed by atoms with E-state index >= 15 is 0 Å². The summed E-state index contributed by atoms with van der Waals surface area (Å²) in [6.07, 6.45) is 1.88. The van der Waals surface area contributed by atoms with E-state index in [-0.39, 0.29) is 23.4 Å². The van der Waals surface area contributed by atoms with E-state index in [1.165, 1.54) is 17.4 Å². The lowest BCUT2D eigenvalue weighted by molar-refractivity contribution is -0.125. The summed E-state index contributed by atoms with van der Waals surface area (Å²) in [4.78, 5) is 18.6. The van der Waals surface area contributed by atoms with Gasteiger partial charge in [0.2, 0.25) is 5.91 Å². The first kappa shape index (κ1) is 18.2. The fourth-order valence-electron chi connectivity index (χ4n) is 3.02. The molecular weight excluding hydrogens is 346 g/mol. The number of likely N-dealkylation sites (N-methyl/N-ethyl adjacent to an activating group) is 1. The predicted octanol–water partition coefficient (Wildman–Crippen LogP) is 2.29. The Kier molecular flexibility index (Phi) is 5.61. The van der Waals surface area contributed by atoms with E-state index in [1.807, 2.05) is 19.0 Å². The van der Waals surface area contributed by atoms with Gasteiger partial charge in [-0.25, -0.2) is 13.8 Å². The monoisotopic (exact) mass is 368 g/mol. The Morgan fingerprint density at radius 1 is 1.48 bits per heavy atom. The number of hydrogen-bond donors (Lipinski definition) is 2. The first-order valence-corrected chi connectivity index (χ1v) is 9.17. The minimum absolute atomic E-state index is 0.0153. The number of fused-ring (bicyclic) bond motifs is 1. The molecule has 1 fully saturated rings. The number of rotatable bonds is 5. The molecule has 0 saturated carbocycles. The van der Waals surface area contributed by atoms with E-state index in [9.17, 15) is 13.6 Å². The molecule has 2 atom stereocenters. The molecule has 8 heteroatoms. The summed E-state index contributed by atoms with van der Waals surface area (Å²) in [5.41, 5.74) is 0.177. The summed E-state index contributed by atoms with van der Waals surface area (Å²) in [7, 11) is 3.75. The van der Waals surface area contributed by atoms with Crippen LogP contribution in [-0.4, -0.2) is 49.5 Å². The van der Waals surface area contributed by atoms with E-state index in [4.69, 9.17) is 0 Å². The molecule has 2 heterocycles. The van der Waals surface area contributed by atoms with Gasteiger partial charge in [-0.1, -0.05) is 0 Å². The van der Waals surface area contributed by atoms with Crippen molar-refractivity contribution in [2.45, 2.75) is 18.9 Å². The molecule has 2 aromatic rings. The lowest BCUT2D eigenvalue weighted by Crippen LogP contribution is -2.43. The number of halogens is 2. The summed E-state index contributed by atoms with van der Waals surface area (Å²) in [6, 6.07) is 1.94. The zero-order chi connectivity index (χ0) is 18.0. The van der Waals surface area contributed by atoms with E-state index in [0.717, 1.165) is 25.5 Å². The lowest BCUT2D eigenvalue weighted by atomic mass is 9.99. The van der Waals surface area contributed by atoms with Crippen LogP contribution in [0.2, 0.25) is 0 Å². The molecule has 25 heavy (non-hydrogen) atoms. The lowest BCUT2D eigenvalue weighted by Gasteiger charge is -2.25. The first-order valence-electron chi connectivity index (χ1n) is 8.36. The molecule has 1 amide bonds. The Bertz CT molecular complexity index is 758. The largest absolute Gasteiger partial charge is 0.354 e. The third-order valence-corrected chi connectivity index (χ3v) is 5.58. The second kappa shape index (κ2) is 7.72. The highest BCUT2D eigenvalue weighted by Gasteiger charge is 2.24. The number of nitrogens with one attached hydrogen (secondary N) is 2. The highest BCUT2D eigenvalue weighted by Crippen LogP contribution is 2.30. The third-order valence-electron chi connectivity index (χ3n) is 4.48. The Morgan fingerprint density at radius 2 is 2.28 bits per heavy atom. The van der Waals surface area contributed by atoms with Gasteiger partial charge in [0.05, 0.1) is 16.7 Å². The molecule has 5 nitrogen and oxygen atoms in total. The molecule has 0 spiro atoms. The summed E-state index contributed by atoms with van der Waals surface area (Å²) in [6.45, 7) is 2.04. The van der Waals surface area contributed by atoms with Gasteiger partial charge in [0, 0.05) is 19.2 Å². The predicted molar refractivity (Wildman–Crippen MR) is 94.6 cm³/mol. The summed E-state index contributed by atoms with van der Waals surface area (Å²) in [5, 5.41) is 6.87. The van der Waals surface area contributed by atoms with Crippen molar-refractivity contribution in [3.8, 4) is 0 Å². The van der Waals surface area contributed by atoms with Crippen LogP contribution < -0.4 is 10.6 Å². The van der Waals surface area contributed by atoms with Crippen molar-refractivity contribution in [2.75, 3.05) is 33.7 Å². The quantitative estimate of drug-likeness (QED) is 0.850. The maximum Gasteiger partial charge on any atom is 0.224 e. The number of nitrogens with zero attached hydrogens (tertiary/aromatic N) is 2. The van der Waals surface area contributed by atoms with Crippen molar-refractivity contribution >= 4 is 27.5 Å². The van der Waals surface area contributed by atoms with Crippen LogP contribution in [-0.2, 0) is 4.79 Å². The molecule has 0 bridgehead atoms. The Hall–Kier alpha value is -1.64. The van der Waals surface area contributed by atoms with Crippen LogP contribution in [0.25, 0.3) is 10.2 Å². The van der Waals surface area contributed by atoms with Crippen molar-refractivity contribution < 1.29 is 13.6 Å². The Labute approximate surface area is 149 Å². The van der Waals surface area contributed by atoms with Gasteiger partial charge in [0.25, 0.3) is 0 Å². The van der Waals surface area contributed by atoms with Crippen molar-refractivity contribution in [1.29, 1.82) is 0 Å². The van der Waals surface area contributed by atoms with Gasteiger partial charge >= 0.3 is 0 Å². The van der Waals surface area contributed by atoms with Crippen LogP contribution in [0.5, 0.6) is 0 Å². The second-order valence-electron chi connectivity index (χ2n) is 6.55. The average molecular weight is 368 g/mol. The zero-order valence-electron chi connectivity index (χ0n) is 14.3. The SMILES string of the molecule is CN(C)[C@@H](CNC(=O)C1CCCNC1)c1nc2c(F)cc(F)cc2s1. The molecule has 1 saturated heterocycles. The smallest absolute Gasteiger partial charge is 0.224 e. The zero-order valence-corrected chi connectivity index (χ0v) is 15.1. The van der Waals surface area contributed by atoms with E-state index in [1.54, 1.807) is 0 Å². The number of benzene rings is 1. The standard InChI is InChI=1S/C17H22F2N4OS/c1-23(2)13(9-21-16(24)10-4-3-5-20-8-10)17-22-15-12(19)6-11(18)7-14(15)25-17/h6-7,10,13,20H,3-5,8-9H2,1-2H3,(H,21,24)/t10?,13-/m0/s1. The fourth-order valence-corrected chi connectivity index (χ4v) is 4.23. The molecule has 1 aliphatic heterocycles. The molecule has 136 valence electrons. The number of carbonyl (C=O) groups is 1. The normalized spacial score (nSPS) is 19.3. The van der Waals surface area contributed by atoms with Gasteiger partial charge in [0.15, 0.2) is 5.82 Å². The number of thiazole rings is 1. The van der Waals surface area contributed by atoms with E-state index in [0.29, 0.717) is 22.8 Å². The van der Waals surface area contributed by atoms with Gasteiger partial charge < -0.3 is 10.6 Å². The Balaban J connectivity index is 1.74. The van der Waals surface area contributed by atoms with Gasteiger partial charge in [-0.05, 0) is 39.5 Å². The summed E-state index contributed by atoms with van der Waals surface area (Å²) < 4.78 is 27.8. The van der Waals surface area contributed by atoms with E-state index in [2.05, 4.69) is 15.6 Å². The van der Waals surface area contributed by atoms with Crippen LogP contribution in [0.3, 0.4) is 0 Å². The molecule has 1 unspecified atom stereocenters. The minimum atomic E-state index is -0.660. The number of hydrogen-bond acceptors (Lipinski definition) is 5. The van der Waals surface area contributed by atoms with Crippen LogP contribution in [0.1, 0.15) is 23.9 Å². The highest BCUT2D eigenvalue weighted by atomic mass is 32.1. The molecule has 1 aromatic heterocycles. The van der Waals surface area contributed by atoms with Crippen molar-refractivity contribution in [2.24, 2.45) is 5.92 Å². The Morgan fingerprint density at radius 3 is 2.96 bits per heavy atom. The molecule has 0 radical (unpaired) electrons. The molecule has 3 rings (SSSR count). The van der Waals surface area contributed by atoms with Crippen LogP contribution in [0.4, 0.5) is 8.78 Å². The average Bonchev–Trinajstić information content (AvgIpc) is 2.99. The number of aromatic nitrogens is 1. The first-order chi connectivity index (χ1) is 12.0.